The third-order valence-corrected chi connectivity index (χ3v) is 1.36. The molecule has 0 bridgehead atoms. The molecule has 46 valence electrons. The molecule has 0 aliphatic heterocycles. The van der Waals surface area contributed by atoms with Gasteiger partial charge in [0.25, 0.3) is 0 Å². The number of hydrogen-bond acceptors (Lipinski definition) is 2. The number of rotatable bonds is 3. The molecule has 0 N–H and O–H groups in total. The highest BCUT2D eigenvalue weighted by molar-refractivity contribution is 8.01. The van der Waals surface area contributed by atoms with Gasteiger partial charge in [0.15, 0.2) is 0 Å². The second-order valence-corrected chi connectivity index (χ2v) is 2.18. The lowest BCUT2D eigenvalue weighted by Gasteiger charge is -1.87. The van der Waals surface area contributed by atoms with E-state index in [2.05, 4.69) is 17.9 Å². The second-order valence-electron chi connectivity index (χ2n) is 1.45. The van der Waals surface area contributed by atoms with Crippen LogP contribution in [0.1, 0.15) is 20.3 Å². The maximum absolute atomic E-state index is 4.08. The molecule has 1 nitrogen and oxygen atoms in total. The zero-order valence-electron chi connectivity index (χ0n) is 5.35. The van der Waals surface area contributed by atoms with Crippen LogP contribution in [0.3, 0.4) is 0 Å². The van der Waals surface area contributed by atoms with E-state index in [1.165, 1.54) is 11.9 Å². The molecule has 0 aliphatic carbocycles. The molecule has 0 aromatic rings. The van der Waals surface area contributed by atoms with E-state index in [1.807, 2.05) is 6.92 Å². The van der Waals surface area contributed by atoms with Crippen molar-refractivity contribution >= 4 is 17.7 Å². The van der Waals surface area contributed by atoms with E-state index in [4.69, 9.17) is 0 Å². The summed E-state index contributed by atoms with van der Waals surface area (Å²) in [4.78, 5) is 0. The van der Waals surface area contributed by atoms with Crippen molar-refractivity contribution < 1.29 is 0 Å². The normalized spacial score (nSPS) is 11.5. The van der Waals surface area contributed by atoms with Crippen LogP contribution in [0.2, 0.25) is 0 Å². The Morgan fingerprint density at radius 3 is 2.88 bits per heavy atom. The Balaban J connectivity index is 3.40. The first-order valence-electron chi connectivity index (χ1n) is 2.61. The minimum absolute atomic E-state index is 1.03. The summed E-state index contributed by atoms with van der Waals surface area (Å²) in [6.45, 7) is 7.62. The standard InChI is InChI=1S/C6H11NS/c1-4-6(3)7-8-5-2/h5H,2,4H2,1,3H3/b7-6+. The van der Waals surface area contributed by atoms with Crippen LogP contribution in [0, 0.1) is 0 Å². The fourth-order valence-electron chi connectivity index (χ4n) is 0.192. The molecule has 0 saturated carbocycles. The third kappa shape index (κ3) is 3.93. The first kappa shape index (κ1) is 7.76. The van der Waals surface area contributed by atoms with E-state index in [-0.39, 0.29) is 0 Å². The number of nitrogens with zero attached hydrogens (tertiary/aromatic N) is 1. The van der Waals surface area contributed by atoms with Crippen molar-refractivity contribution in [3.63, 3.8) is 0 Å². The van der Waals surface area contributed by atoms with E-state index >= 15 is 0 Å². The fraction of sp³-hybridized carbons (Fsp3) is 0.500. The minimum Gasteiger partial charge on any atom is -0.221 e. The average molecular weight is 129 g/mol. The topological polar surface area (TPSA) is 12.4 Å². The number of hydrogen-bond donors (Lipinski definition) is 0. The Bertz CT molecular complexity index is 96.7. The van der Waals surface area contributed by atoms with Crippen molar-refractivity contribution in [3.05, 3.63) is 12.0 Å². The zero-order valence-corrected chi connectivity index (χ0v) is 6.16. The molecule has 0 radical (unpaired) electrons. The van der Waals surface area contributed by atoms with Crippen LogP contribution in [0.25, 0.3) is 0 Å². The van der Waals surface area contributed by atoms with Gasteiger partial charge in [-0.15, -0.1) is 0 Å². The van der Waals surface area contributed by atoms with Crippen molar-refractivity contribution in [1.29, 1.82) is 0 Å². The van der Waals surface area contributed by atoms with Crippen LogP contribution < -0.4 is 0 Å². The van der Waals surface area contributed by atoms with Gasteiger partial charge < -0.3 is 0 Å². The van der Waals surface area contributed by atoms with Crippen LogP contribution >= 0.6 is 11.9 Å². The minimum atomic E-state index is 1.03. The van der Waals surface area contributed by atoms with E-state index in [1.54, 1.807) is 5.41 Å². The zero-order chi connectivity index (χ0) is 6.41. The largest absolute Gasteiger partial charge is 0.221 e. The molecule has 0 aliphatic rings. The van der Waals surface area contributed by atoms with Gasteiger partial charge in [-0.2, -0.15) is 0 Å². The Morgan fingerprint density at radius 2 is 2.50 bits per heavy atom. The molecule has 0 aromatic carbocycles. The van der Waals surface area contributed by atoms with Crippen molar-refractivity contribution in [3.8, 4) is 0 Å². The Labute approximate surface area is 55.0 Å². The lowest BCUT2D eigenvalue weighted by atomic mass is 10.3. The van der Waals surface area contributed by atoms with Crippen molar-refractivity contribution in [2.45, 2.75) is 20.3 Å². The van der Waals surface area contributed by atoms with Crippen LogP contribution in [0.4, 0.5) is 0 Å². The van der Waals surface area contributed by atoms with Crippen LogP contribution in [-0.2, 0) is 0 Å². The van der Waals surface area contributed by atoms with Gasteiger partial charge >= 0.3 is 0 Å². The Hall–Kier alpha value is -0.240. The van der Waals surface area contributed by atoms with E-state index < -0.39 is 0 Å². The molecule has 0 saturated heterocycles. The van der Waals surface area contributed by atoms with Crippen molar-refractivity contribution in [2.24, 2.45) is 4.40 Å². The highest BCUT2D eigenvalue weighted by Gasteiger charge is 1.80. The molecule has 2 heteroatoms. The molecule has 0 amide bonds. The summed E-state index contributed by atoms with van der Waals surface area (Å²) in [5.41, 5.74) is 1.16. The quantitative estimate of drug-likeness (QED) is 0.421. The lowest BCUT2D eigenvalue weighted by molar-refractivity contribution is 1.27. The van der Waals surface area contributed by atoms with Gasteiger partial charge in [0.2, 0.25) is 0 Å². The predicted molar refractivity (Wildman–Crippen MR) is 41.2 cm³/mol. The monoisotopic (exact) mass is 129 g/mol. The fourth-order valence-corrected chi connectivity index (χ4v) is 0.575. The molecule has 0 spiro atoms. The van der Waals surface area contributed by atoms with E-state index in [0.29, 0.717) is 0 Å². The van der Waals surface area contributed by atoms with E-state index in [0.717, 1.165) is 12.1 Å². The second kappa shape index (κ2) is 4.91. The van der Waals surface area contributed by atoms with Gasteiger partial charge in [-0.05, 0) is 18.8 Å². The maximum atomic E-state index is 4.08. The summed E-state index contributed by atoms with van der Waals surface area (Å²) in [7, 11) is 0. The third-order valence-electron chi connectivity index (χ3n) is 0.795. The van der Waals surface area contributed by atoms with E-state index in [9.17, 15) is 0 Å². The molecular formula is C6H11NS. The lowest BCUT2D eigenvalue weighted by Crippen LogP contribution is -1.82. The van der Waals surface area contributed by atoms with Gasteiger partial charge in [-0.3, -0.25) is 0 Å². The summed E-state index contributed by atoms with van der Waals surface area (Å²) in [6.07, 6.45) is 1.03. The van der Waals surface area contributed by atoms with Crippen molar-refractivity contribution in [1.82, 2.24) is 0 Å². The molecule has 0 aromatic heterocycles. The summed E-state index contributed by atoms with van der Waals surface area (Å²) in [5, 5.41) is 1.72. The van der Waals surface area contributed by atoms with Gasteiger partial charge in [0, 0.05) is 17.7 Å². The van der Waals surface area contributed by atoms with Crippen LogP contribution in [0.5, 0.6) is 0 Å². The molecule has 8 heavy (non-hydrogen) atoms. The predicted octanol–water partition coefficient (Wildman–Crippen LogP) is 2.65. The summed E-state index contributed by atoms with van der Waals surface area (Å²) < 4.78 is 4.08. The van der Waals surface area contributed by atoms with Gasteiger partial charge in [0.1, 0.15) is 0 Å². The van der Waals surface area contributed by atoms with Gasteiger partial charge in [-0.25, -0.2) is 4.40 Å². The molecule has 0 rings (SSSR count). The smallest absolute Gasteiger partial charge is 0.0232 e. The SMILES string of the molecule is C=CS/N=C(\C)CC. The van der Waals surface area contributed by atoms with Crippen LogP contribution in [-0.4, -0.2) is 5.71 Å². The molecule has 0 fully saturated rings. The van der Waals surface area contributed by atoms with Crippen LogP contribution in [0.15, 0.2) is 16.4 Å². The molecule has 0 unspecified atom stereocenters. The van der Waals surface area contributed by atoms with Crippen molar-refractivity contribution in [2.75, 3.05) is 0 Å². The summed E-state index contributed by atoms with van der Waals surface area (Å²) >= 11 is 1.39. The molecule has 0 atom stereocenters. The first-order chi connectivity index (χ1) is 3.81. The first-order valence-corrected chi connectivity index (χ1v) is 3.45. The molecular weight excluding hydrogens is 118 g/mol. The highest BCUT2D eigenvalue weighted by Crippen LogP contribution is 2.02. The molecule has 0 heterocycles. The highest BCUT2D eigenvalue weighted by atomic mass is 32.2. The summed E-state index contributed by atoms with van der Waals surface area (Å²) in [6, 6.07) is 0. The Kier molecular flexibility index (Phi) is 4.76. The van der Waals surface area contributed by atoms with Gasteiger partial charge in [-0.1, -0.05) is 13.5 Å². The Morgan fingerprint density at radius 1 is 1.88 bits per heavy atom. The summed E-state index contributed by atoms with van der Waals surface area (Å²) in [5.74, 6) is 0. The average Bonchev–Trinajstić information content (AvgIpc) is 1.83. The maximum Gasteiger partial charge on any atom is 0.0232 e. The van der Waals surface area contributed by atoms with Gasteiger partial charge in [0.05, 0.1) is 0 Å².